The van der Waals surface area contributed by atoms with Crippen molar-refractivity contribution in [3.63, 3.8) is 0 Å². The van der Waals surface area contributed by atoms with E-state index in [1.807, 2.05) is 6.92 Å². The van der Waals surface area contributed by atoms with Crippen LogP contribution < -0.4 is 5.32 Å². The van der Waals surface area contributed by atoms with Gasteiger partial charge in [0.25, 0.3) is 0 Å². The normalized spacial score (nSPS) is 14.6. The van der Waals surface area contributed by atoms with Gasteiger partial charge >= 0.3 is 0 Å². The minimum atomic E-state index is -1.06. The summed E-state index contributed by atoms with van der Waals surface area (Å²) in [5.41, 5.74) is 0.0479. The summed E-state index contributed by atoms with van der Waals surface area (Å²) >= 11 is 0. The number of nitrogens with one attached hydrogen (secondary N) is 1. The smallest absolute Gasteiger partial charge is 0.131 e. The van der Waals surface area contributed by atoms with Crippen molar-refractivity contribution in [3.8, 4) is 0 Å². The number of halogens is 2. The van der Waals surface area contributed by atoms with E-state index in [1.54, 1.807) is 0 Å². The Morgan fingerprint density at radius 3 is 2.59 bits per heavy atom. The van der Waals surface area contributed by atoms with Gasteiger partial charge in [0, 0.05) is 24.2 Å². The third-order valence-corrected chi connectivity index (χ3v) is 2.63. The first kappa shape index (κ1) is 14.0. The maximum Gasteiger partial charge on any atom is 0.131 e. The van der Waals surface area contributed by atoms with Gasteiger partial charge in [-0.15, -0.1) is 0 Å². The molecule has 2 atom stereocenters. The van der Waals surface area contributed by atoms with Crippen LogP contribution in [-0.2, 0) is 0 Å². The second kappa shape index (κ2) is 6.64. The number of aliphatic hydroxyl groups is 2. The minimum absolute atomic E-state index is 0.0465. The van der Waals surface area contributed by atoms with E-state index in [-0.39, 0.29) is 24.8 Å². The van der Waals surface area contributed by atoms with Gasteiger partial charge < -0.3 is 15.5 Å². The Hall–Kier alpha value is -1.04. The first-order chi connectivity index (χ1) is 8.08. The highest BCUT2D eigenvalue weighted by molar-refractivity contribution is 5.21. The zero-order chi connectivity index (χ0) is 12.8. The van der Waals surface area contributed by atoms with Crippen molar-refractivity contribution in [1.82, 2.24) is 5.32 Å². The molecule has 0 fully saturated rings. The summed E-state index contributed by atoms with van der Waals surface area (Å²) < 4.78 is 26.0. The van der Waals surface area contributed by atoms with Crippen molar-refractivity contribution >= 4 is 0 Å². The van der Waals surface area contributed by atoms with Crippen LogP contribution in [0.5, 0.6) is 0 Å². The van der Waals surface area contributed by atoms with Gasteiger partial charge in [-0.25, -0.2) is 8.78 Å². The molecule has 2 unspecified atom stereocenters. The van der Waals surface area contributed by atoms with E-state index in [1.165, 1.54) is 6.07 Å². The third-order valence-electron chi connectivity index (χ3n) is 2.63. The van der Waals surface area contributed by atoms with Crippen molar-refractivity contribution < 1.29 is 19.0 Å². The van der Waals surface area contributed by atoms with Crippen LogP contribution in [0, 0.1) is 11.6 Å². The summed E-state index contributed by atoms with van der Waals surface area (Å²) in [5.74, 6) is -1.44. The zero-order valence-corrected chi connectivity index (χ0v) is 9.66. The summed E-state index contributed by atoms with van der Waals surface area (Å²) in [7, 11) is 0. The molecule has 1 rings (SSSR count). The molecule has 5 heteroatoms. The van der Waals surface area contributed by atoms with Crippen molar-refractivity contribution in [1.29, 1.82) is 0 Å². The highest BCUT2D eigenvalue weighted by atomic mass is 19.1. The molecule has 17 heavy (non-hydrogen) atoms. The van der Waals surface area contributed by atoms with Gasteiger partial charge in [-0.1, -0.05) is 13.0 Å². The van der Waals surface area contributed by atoms with Gasteiger partial charge in [-0.05, 0) is 12.5 Å². The lowest BCUT2D eigenvalue weighted by Gasteiger charge is -2.18. The van der Waals surface area contributed by atoms with E-state index < -0.39 is 17.7 Å². The van der Waals surface area contributed by atoms with Crippen LogP contribution in [0.2, 0.25) is 0 Å². The molecule has 1 aromatic rings. The molecule has 0 aromatic heterocycles. The summed E-state index contributed by atoms with van der Waals surface area (Å²) in [6.45, 7) is 1.95. The molecule has 0 saturated carbocycles. The Kier molecular flexibility index (Phi) is 5.47. The van der Waals surface area contributed by atoms with Crippen LogP contribution in [0.25, 0.3) is 0 Å². The maximum absolute atomic E-state index is 13.3. The largest absolute Gasteiger partial charge is 0.395 e. The highest BCUT2D eigenvalue weighted by Crippen LogP contribution is 2.17. The van der Waals surface area contributed by atoms with Crippen LogP contribution in [0.15, 0.2) is 18.2 Å². The number of hydrogen-bond donors (Lipinski definition) is 3. The molecule has 0 spiro atoms. The summed E-state index contributed by atoms with van der Waals surface area (Å²) in [6.07, 6.45) is -0.356. The Labute approximate surface area is 99.1 Å². The molecule has 3 nitrogen and oxygen atoms in total. The van der Waals surface area contributed by atoms with Gasteiger partial charge in [0.1, 0.15) is 11.6 Å². The number of hydrogen-bond acceptors (Lipinski definition) is 3. The molecule has 0 radical (unpaired) electrons. The average molecular weight is 245 g/mol. The summed E-state index contributed by atoms with van der Waals surface area (Å²) in [5, 5.41) is 21.6. The number of aliphatic hydroxyl groups excluding tert-OH is 2. The van der Waals surface area contributed by atoms with Gasteiger partial charge in [0.05, 0.1) is 12.7 Å². The standard InChI is InChI=1S/C12H17F2NO2/c1-2-9(7-16)15-6-12(17)10-4-3-8(13)5-11(10)14/h3-5,9,12,15-17H,2,6-7H2,1H3. The van der Waals surface area contributed by atoms with E-state index in [0.717, 1.165) is 12.1 Å². The van der Waals surface area contributed by atoms with E-state index >= 15 is 0 Å². The van der Waals surface area contributed by atoms with E-state index in [9.17, 15) is 13.9 Å². The van der Waals surface area contributed by atoms with Crippen LogP contribution in [-0.4, -0.2) is 29.4 Å². The van der Waals surface area contributed by atoms with Gasteiger partial charge in [-0.2, -0.15) is 0 Å². The maximum atomic E-state index is 13.3. The molecule has 0 saturated heterocycles. The predicted octanol–water partition coefficient (Wildman–Crippen LogP) is 1.36. The van der Waals surface area contributed by atoms with Crippen molar-refractivity contribution in [2.45, 2.75) is 25.5 Å². The van der Waals surface area contributed by atoms with Gasteiger partial charge in [-0.3, -0.25) is 0 Å². The first-order valence-corrected chi connectivity index (χ1v) is 5.55. The van der Waals surface area contributed by atoms with Gasteiger partial charge in [0.15, 0.2) is 0 Å². The number of rotatable bonds is 6. The third kappa shape index (κ3) is 4.03. The van der Waals surface area contributed by atoms with E-state index in [2.05, 4.69) is 5.32 Å². The predicted molar refractivity (Wildman–Crippen MR) is 60.5 cm³/mol. The van der Waals surface area contributed by atoms with Gasteiger partial charge in [0.2, 0.25) is 0 Å². The summed E-state index contributed by atoms with van der Waals surface area (Å²) in [6, 6.07) is 2.93. The lowest BCUT2D eigenvalue weighted by Crippen LogP contribution is -2.35. The SMILES string of the molecule is CCC(CO)NCC(O)c1ccc(F)cc1F. The monoisotopic (exact) mass is 245 g/mol. The van der Waals surface area contributed by atoms with Crippen LogP contribution in [0.1, 0.15) is 25.0 Å². The lowest BCUT2D eigenvalue weighted by atomic mass is 10.1. The van der Waals surface area contributed by atoms with E-state index in [4.69, 9.17) is 5.11 Å². The van der Waals surface area contributed by atoms with Crippen molar-refractivity contribution in [2.75, 3.05) is 13.2 Å². The topological polar surface area (TPSA) is 52.5 Å². The Morgan fingerprint density at radius 1 is 1.35 bits per heavy atom. The van der Waals surface area contributed by atoms with Crippen LogP contribution in [0.3, 0.4) is 0 Å². The van der Waals surface area contributed by atoms with Crippen LogP contribution >= 0.6 is 0 Å². The second-order valence-corrected chi connectivity index (χ2v) is 3.88. The molecule has 0 heterocycles. The lowest BCUT2D eigenvalue weighted by molar-refractivity contribution is 0.154. The Bertz CT molecular complexity index is 356. The molecule has 0 aliphatic heterocycles. The molecule has 0 bridgehead atoms. The quantitative estimate of drug-likeness (QED) is 0.709. The van der Waals surface area contributed by atoms with E-state index in [0.29, 0.717) is 6.42 Å². The molecular weight excluding hydrogens is 228 g/mol. The average Bonchev–Trinajstić information content (AvgIpc) is 2.30. The van der Waals surface area contributed by atoms with Crippen molar-refractivity contribution in [3.05, 3.63) is 35.4 Å². The fraction of sp³-hybridized carbons (Fsp3) is 0.500. The second-order valence-electron chi connectivity index (χ2n) is 3.88. The summed E-state index contributed by atoms with van der Waals surface area (Å²) in [4.78, 5) is 0. The molecule has 0 aliphatic rings. The zero-order valence-electron chi connectivity index (χ0n) is 9.66. The molecule has 0 aliphatic carbocycles. The molecule has 1 aromatic carbocycles. The van der Waals surface area contributed by atoms with Crippen LogP contribution in [0.4, 0.5) is 8.78 Å². The minimum Gasteiger partial charge on any atom is -0.395 e. The van der Waals surface area contributed by atoms with Crippen molar-refractivity contribution in [2.24, 2.45) is 0 Å². The molecule has 96 valence electrons. The Morgan fingerprint density at radius 2 is 2.06 bits per heavy atom. The number of benzene rings is 1. The first-order valence-electron chi connectivity index (χ1n) is 5.55. The highest BCUT2D eigenvalue weighted by Gasteiger charge is 2.14. The molecular formula is C12H17F2NO2. The molecule has 3 N–H and O–H groups in total. The fourth-order valence-electron chi connectivity index (χ4n) is 1.50. The fourth-order valence-corrected chi connectivity index (χ4v) is 1.50. The molecule has 0 amide bonds. The Balaban J connectivity index is 2.60.